The van der Waals surface area contributed by atoms with E-state index in [9.17, 15) is 9.59 Å². The smallest absolute Gasteiger partial charge is 0.330 e. The number of halogens is 1. The first-order valence-electron chi connectivity index (χ1n) is 9.67. The maximum absolute atomic E-state index is 12.9. The zero-order valence-electron chi connectivity index (χ0n) is 17.4. The van der Waals surface area contributed by atoms with Crippen LogP contribution in [-0.2, 0) is 24.4 Å². The van der Waals surface area contributed by atoms with Crippen LogP contribution in [0.4, 0.5) is 11.5 Å². The third-order valence-electron chi connectivity index (χ3n) is 4.87. The molecule has 164 valence electrons. The molecule has 0 atom stereocenters. The van der Waals surface area contributed by atoms with Crippen molar-refractivity contribution in [3.63, 3.8) is 0 Å². The Morgan fingerprint density at radius 1 is 1.10 bits per heavy atom. The summed E-state index contributed by atoms with van der Waals surface area (Å²) in [5.41, 5.74) is 7.12. The lowest BCUT2D eigenvalue weighted by atomic mass is 10.1. The number of nitrogen functional groups attached to an aromatic ring is 1. The molecule has 0 aliphatic heterocycles. The van der Waals surface area contributed by atoms with Crippen LogP contribution in [0.2, 0.25) is 5.02 Å². The van der Waals surface area contributed by atoms with Crippen molar-refractivity contribution in [3.8, 4) is 5.75 Å². The van der Waals surface area contributed by atoms with Gasteiger partial charge in [0, 0.05) is 30.8 Å². The molecule has 1 aromatic heterocycles. The van der Waals surface area contributed by atoms with E-state index in [1.165, 1.54) is 11.7 Å². The van der Waals surface area contributed by atoms with Gasteiger partial charge in [-0.3, -0.25) is 14.3 Å². The molecular formula is C22H25ClN4O4. The molecule has 0 aliphatic rings. The molecule has 3 N–H and O–H groups in total. The van der Waals surface area contributed by atoms with Gasteiger partial charge < -0.3 is 20.1 Å². The maximum Gasteiger partial charge on any atom is 0.330 e. The first-order valence-corrected chi connectivity index (χ1v) is 10.0. The van der Waals surface area contributed by atoms with Crippen molar-refractivity contribution in [3.05, 3.63) is 85.5 Å². The first-order chi connectivity index (χ1) is 14.9. The number of H-pyrrole nitrogens is 1. The van der Waals surface area contributed by atoms with E-state index in [1.807, 2.05) is 30.3 Å². The summed E-state index contributed by atoms with van der Waals surface area (Å²) in [4.78, 5) is 29.3. The van der Waals surface area contributed by atoms with E-state index < -0.39 is 11.2 Å². The number of hydrogen-bond donors (Lipinski definition) is 2. The molecular weight excluding hydrogens is 420 g/mol. The predicted octanol–water partition coefficient (Wildman–Crippen LogP) is 2.63. The summed E-state index contributed by atoms with van der Waals surface area (Å²) < 4.78 is 11.8. The van der Waals surface area contributed by atoms with Crippen LogP contribution in [0.15, 0.2) is 58.1 Å². The molecule has 0 spiro atoms. The molecule has 0 saturated heterocycles. The second kappa shape index (κ2) is 10.2. The van der Waals surface area contributed by atoms with Crippen molar-refractivity contribution in [2.24, 2.45) is 0 Å². The van der Waals surface area contributed by atoms with Gasteiger partial charge in [0.15, 0.2) is 0 Å². The van der Waals surface area contributed by atoms with Gasteiger partial charge in [0.2, 0.25) is 0 Å². The number of rotatable bonds is 9. The fourth-order valence-electron chi connectivity index (χ4n) is 3.38. The van der Waals surface area contributed by atoms with Crippen LogP contribution >= 0.6 is 11.6 Å². The first kappa shape index (κ1) is 22.5. The summed E-state index contributed by atoms with van der Waals surface area (Å²) in [7, 11) is 3.10. The molecule has 1 heterocycles. The van der Waals surface area contributed by atoms with Gasteiger partial charge in [-0.2, -0.15) is 0 Å². The standard InChI is InChI=1S/C22H25ClN4O4/c1-30-11-10-27-20(24)19(21(28)25-22(27)29)26(13-15-6-4-3-5-7-15)14-16-12-17(23)8-9-18(16)31-2/h3-9,12H,10-11,13-14,24H2,1-2H3,(H,25,28,29). The molecule has 0 fully saturated rings. The van der Waals surface area contributed by atoms with E-state index in [0.717, 1.165) is 11.1 Å². The van der Waals surface area contributed by atoms with Crippen LogP contribution in [0.1, 0.15) is 11.1 Å². The topological polar surface area (TPSA) is 103 Å². The lowest BCUT2D eigenvalue weighted by Crippen LogP contribution is -2.38. The number of anilines is 2. The van der Waals surface area contributed by atoms with Crippen LogP contribution < -0.4 is 26.6 Å². The summed E-state index contributed by atoms with van der Waals surface area (Å²) in [6.07, 6.45) is 0. The van der Waals surface area contributed by atoms with E-state index in [1.54, 1.807) is 30.2 Å². The summed E-state index contributed by atoms with van der Waals surface area (Å²) in [6, 6.07) is 14.9. The second-order valence-corrected chi connectivity index (χ2v) is 7.37. The van der Waals surface area contributed by atoms with Crippen LogP contribution in [0.5, 0.6) is 5.75 Å². The molecule has 0 radical (unpaired) electrons. The zero-order valence-corrected chi connectivity index (χ0v) is 18.2. The third kappa shape index (κ3) is 5.28. The molecule has 3 aromatic rings. The highest BCUT2D eigenvalue weighted by atomic mass is 35.5. The van der Waals surface area contributed by atoms with E-state index in [2.05, 4.69) is 4.98 Å². The largest absolute Gasteiger partial charge is 0.496 e. The number of hydrogen-bond acceptors (Lipinski definition) is 6. The van der Waals surface area contributed by atoms with Gasteiger partial charge in [0.05, 0.1) is 20.3 Å². The van der Waals surface area contributed by atoms with E-state index in [4.69, 9.17) is 26.8 Å². The molecule has 2 aromatic carbocycles. The predicted molar refractivity (Wildman–Crippen MR) is 122 cm³/mol. The van der Waals surface area contributed by atoms with E-state index in [-0.39, 0.29) is 31.2 Å². The van der Waals surface area contributed by atoms with Gasteiger partial charge in [-0.15, -0.1) is 0 Å². The van der Waals surface area contributed by atoms with Crippen molar-refractivity contribution in [2.75, 3.05) is 31.5 Å². The molecule has 3 rings (SSSR count). The highest BCUT2D eigenvalue weighted by Crippen LogP contribution is 2.28. The summed E-state index contributed by atoms with van der Waals surface area (Å²) in [6.45, 7) is 1.15. The Labute approximate surface area is 184 Å². The molecule has 31 heavy (non-hydrogen) atoms. The minimum Gasteiger partial charge on any atom is -0.496 e. The number of aromatic amines is 1. The fourth-order valence-corrected chi connectivity index (χ4v) is 3.58. The molecule has 0 aliphatic carbocycles. The quantitative estimate of drug-likeness (QED) is 0.526. The van der Waals surface area contributed by atoms with Crippen LogP contribution in [0, 0.1) is 0 Å². The Balaban J connectivity index is 2.12. The average molecular weight is 445 g/mol. The Bertz CT molecular complexity index is 1140. The Hall–Kier alpha value is -3.23. The summed E-state index contributed by atoms with van der Waals surface area (Å²) in [5.74, 6) is 0.702. The number of methoxy groups -OCH3 is 2. The normalized spacial score (nSPS) is 10.8. The zero-order chi connectivity index (χ0) is 22.4. The Kier molecular flexibility index (Phi) is 7.38. The Morgan fingerprint density at radius 3 is 2.52 bits per heavy atom. The van der Waals surface area contributed by atoms with Gasteiger partial charge in [-0.25, -0.2) is 4.79 Å². The van der Waals surface area contributed by atoms with Gasteiger partial charge in [0.1, 0.15) is 17.3 Å². The van der Waals surface area contributed by atoms with Crippen molar-refractivity contribution >= 4 is 23.1 Å². The van der Waals surface area contributed by atoms with Gasteiger partial charge in [0.25, 0.3) is 5.56 Å². The van der Waals surface area contributed by atoms with E-state index >= 15 is 0 Å². The highest BCUT2D eigenvalue weighted by Gasteiger charge is 2.21. The second-order valence-electron chi connectivity index (χ2n) is 6.94. The summed E-state index contributed by atoms with van der Waals surface area (Å²) in [5, 5.41) is 0.544. The van der Waals surface area contributed by atoms with Crippen LogP contribution in [0.3, 0.4) is 0 Å². The molecule has 0 bridgehead atoms. The van der Waals surface area contributed by atoms with Gasteiger partial charge >= 0.3 is 5.69 Å². The van der Waals surface area contributed by atoms with Crippen molar-refractivity contribution < 1.29 is 9.47 Å². The van der Waals surface area contributed by atoms with Crippen LogP contribution in [-0.4, -0.2) is 30.4 Å². The molecule has 0 unspecified atom stereocenters. The molecule has 8 nitrogen and oxygen atoms in total. The minimum absolute atomic E-state index is 0.0720. The number of ether oxygens (including phenoxy) is 2. The van der Waals surface area contributed by atoms with E-state index in [0.29, 0.717) is 17.3 Å². The average Bonchev–Trinajstić information content (AvgIpc) is 2.74. The number of nitrogens with zero attached hydrogens (tertiary/aromatic N) is 2. The Morgan fingerprint density at radius 2 is 1.84 bits per heavy atom. The van der Waals surface area contributed by atoms with Gasteiger partial charge in [-0.1, -0.05) is 41.9 Å². The number of benzene rings is 2. The molecule has 9 heteroatoms. The van der Waals surface area contributed by atoms with Crippen molar-refractivity contribution in [1.82, 2.24) is 9.55 Å². The van der Waals surface area contributed by atoms with Gasteiger partial charge in [-0.05, 0) is 23.8 Å². The lowest BCUT2D eigenvalue weighted by Gasteiger charge is -2.27. The fraction of sp³-hybridized carbons (Fsp3) is 0.273. The number of nitrogens with two attached hydrogens (primary N) is 1. The van der Waals surface area contributed by atoms with Crippen molar-refractivity contribution in [2.45, 2.75) is 19.6 Å². The minimum atomic E-state index is -0.580. The molecule has 0 saturated carbocycles. The highest BCUT2D eigenvalue weighted by molar-refractivity contribution is 6.30. The van der Waals surface area contributed by atoms with Crippen molar-refractivity contribution in [1.29, 1.82) is 0 Å². The lowest BCUT2D eigenvalue weighted by molar-refractivity contribution is 0.186. The molecule has 0 amide bonds. The SMILES string of the molecule is COCCn1c(N)c(N(Cc2ccccc2)Cc2cc(Cl)ccc2OC)c(=O)[nH]c1=O. The number of nitrogens with one attached hydrogen (secondary N) is 1. The monoisotopic (exact) mass is 444 g/mol. The third-order valence-corrected chi connectivity index (χ3v) is 5.10. The van der Waals surface area contributed by atoms with Crippen LogP contribution in [0.25, 0.3) is 0 Å². The maximum atomic E-state index is 12.9. The number of aromatic nitrogens is 2. The summed E-state index contributed by atoms with van der Waals surface area (Å²) >= 11 is 6.20.